The molecule has 1 spiro atoms. The lowest BCUT2D eigenvalue weighted by Crippen LogP contribution is -2.28. The highest BCUT2D eigenvalue weighted by Gasteiger charge is 2.52. The standard InChI is InChI=1S/C78H50N2/c1-5-30-70-67(27-1)68-36-35-60(50-75(68)77(70,62-37-41-79-42-38-62)63-39-43-80-44-40-63)58-22-12-20-56(48-58)54-18-10-16-52(46-54)51-15-9-17-53(45-51)55-19-11-21-57(47-55)59-23-13-24-61(49-59)64-29-14-34-74-76(64)69-28-4-8-33-73(69)78(74)71-31-6-2-25-65(71)66-26-3-7-32-72(66)78/h1-50H. The topological polar surface area (TPSA) is 25.8 Å². The minimum Gasteiger partial charge on any atom is -0.265 e. The summed E-state index contributed by atoms with van der Waals surface area (Å²) in [5.74, 6) is 0. The molecular weight excluding hydrogens is 965 g/mol. The van der Waals surface area contributed by atoms with Gasteiger partial charge in [0.15, 0.2) is 0 Å². The fourth-order valence-electron chi connectivity index (χ4n) is 14.2. The zero-order valence-electron chi connectivity index (χ0n) is 43.8. The van der Waals surface area contributed by atoms with E-state index in [0.29, 0.717) is 0 Å². The average molecular weight is 1020 g/mol. The first kappa shape index (κ1) is 45.9. The fraction of sp³-hybridized carbons (Fsp3) is 0.0256. The molecule has 0 N–H and O–H groups in total. The normalized spacial score (nSPS) is 13.4. The van der Waals surface area contributed by atoms with E-state index in [1.807, 2.05) is 24.8 Å². The summed E-state index contributed by atoms with van der Waals surface area (Å²) in [5.41, 5.74) is 31.5. The lowest BCUT2D eigenvalue weighted by Gasteiger charge is -2.33. The third-order valence-electron chi connectivity index (χ3n) is 17.6. The van der Waals surface area contributed by atoms with Crippen LogP contribution in [0.1, 0.15) is 44.5 Å². The molecule has 0 radical (unpaired) electrons. The van der Waals surface area contributed by atoms with Gasteiger partial charge in [-0.15, -0.1) is 0 Å². The minimum atomic E-state index is -0.528. The Morgan fingerprint density at radius 1 is 0.188 bits per heavy atom. The van der Waals surface area contributed by atoms with E-state index >= 15 is 0 Å². The molecule has 80 heavy (non-hydrogen) atoms. The first-order chi connectivity index (χ1) is 39.7. The van der Waals surface area contributed by atoms with Gasteiger partial charge in [-0.3, -0.25) is 9.97 Å². The Balaban J connectivity index is 0.720. The van der Waals surface area contributed by atoms with Crippen molar-refractivity contribution in [1.29, 1.82) is 0 Å². The van der Waals surface area contributed by atoms with Crippen LogP contribution in [0, 0.1) is 0 Å². The van der Waals surface area contributed by atoms with Crippen LogP contribution >= 0.6 is 0 Å². The SMILES string of the molecule is c1cc(-c2cccc(-c3cccc(-c4ccc5c(c4)C(c4ccncc4)(c4ccncc4)c4ccccc4-5)c3)c2)cc(-c2cccc(-c3cccc(-c4cccc5c4-c4ccccc4C54c5ccccc5-c5ccccc54)c3)c2)c1. The summed E-state index contributed by atoms with van der Waals surface area (Å²) in [5, 5.41) is 0. The van der Waals surface area contributed by atoms with Crippen molar-refractivity contribution in [3.8, 4) is 100 Å². The van der Waals surface area contributed by atoms with Gasteiger partial charge >= 0.3 is 0 Å². The van der Waals surface area contributed by atoms with Crippen LogP contribution in [0.15, 0.2) is 304 Å². The summed E-state index contributed by atoms with van der Waals surface area (Å²) < 4.78 is 0. The Morgan fingerprint density at radius 2 is 0.487 bits per heavy atom. The first-order valence-corrected chi connectivity index (χ1v) is 27.7. The molecular formula is C78H50N2. The summed E-state index contributed by atoms with van der Waals surface area (Å²) in [6, 6.07) is 104. The molecule has 11 aromatic carbocycles. The molecule has 0 saturated carbocycles. The Hall–Kier alpha value is -10.3. The monoisotopic (exact) mass is 1010 g/mol. The molecule has 16 rings (SSSR count). The molecule has 372 valence electrons. The lowest BCUT2D eigenvalue weighted by molar-refractivity contribution is 0.764. The number of benzene rings is 11. The maximum absolute atomic E-state index is 4.44. The smallest absolute Gasteiger partial charge is 0.0725 e. The van der Waals surface area contributed by atoms with Crippen LogP contribution in [0.4, 0.5) is 0 Å². The van der Waals surface area contributed by atoms with Crippen molar-refractivity contribution in [1.82, 2.24) is 9.97 Å². The van der Waals surface area contributed by atoms with Gasteiger partial charge in [0.1, 0.15) is 0 Å². The second-order valence-corrected chi connectivity index (χ2v) is 21.5. The van der Waals surface area contributed by atoms with Crippen molar-refractivity contribution in [2.75, 3.05) is 0 Å². The number of rotatable bonds is 8. The molecule has 3 aliphatic rings. The van der Waals surface area contributed by atoms with Crippen LogP contribution in [0.2, 0.25) is 0 Å². The van der Waals surface area contributed by atoms with Gasteiger partial charge in [-0.25, -0.2) is 0 Å². The molecule has 0 saturated heterocycles. The minimum absolute atomic E-state index is 0.377. The van der Waals surface area contributed by atoms with Gasteiger partial charge in [-0.05, 0) is 205 Å². The molecule has 0 fully saturated rings. The van der Waals surface area contributed by atoms with Crippen LogP contribution in [0.3, 0.4) is 0 Å². The van der Waals surface area contributed by atoms with Crippen LogP contribution in [-0.4, -0.2) is 9.97 Å². The molecule has 2 heteroatoms. The lowest BCUT2D eigenvalue weighted by atomic mass is 9.68. The number of hydrogen-bond donors (Lipinski definition) is 0. The third-order valence-corrected chi connectivity index (χ3v) is 17.6. The Labute approximate surface area is 466 Å². The summed E-state index contributed by atoms with van der Waals surface area (Å²) in [6.45, 7) is 0. The van der Waals surface area contributed by atoms with Gasteiger partial charge in [0.05, 0.1) is 10.8 Å². The highest BCUT2D eigenvalue weighted by atomic mass is 14.6. The van der Waals surface area contributed by atoms with Gasteiger partial charge in [0, 0.05) is 24.8 Å². The van der Waals surface area contributed by atoms with E-state index in [1.54, 1.807) is 0 Å². The van der Waals surface area contributed by atoms with Gasteiger partial charge in [-0.1, -0.05) is 218 Å². The Kier molecular flexibility index (Phi) is 10.4. The highest BCUT2D eigenvalue weighted by molar-refractivity contribution is 6.00. The molecule has 2 heterocycles. The quantitative estimate of drug-likeness (QED) is 0.152. The maximum atomic E-state index is 4.44. The number of hydrogen-bond acceptors (Lipinski definition) is 2. The predicted octanol–water partition coefficient (Wildman–Crippen LogP) is 19.2. The largest absolute Gasteiger partial charge is 0.265 e. The van der Waals surface area contributed by atoms with E-state index in [4.69, 9.17) is 0 Å². The van der Waals surface area contributed by atoms with Gasteiger partial charge < -0.3 is 0 Å². The summed E-state index contributed by atoms with van der Waals surface area (Å²) >= 11 is 0. The average Bonchev–Trinajstić information content (AvgIpc) is 4.35. The van der Waals surface area contributed by atoms with Crippen molar-refractivity contribution < 1.29 is 0 Å². The van der Waals surface area contributed by atoms with Crippen molar-refractivity contribution in [3.63, 3.8) is 0 Å². The number of pyridine rings is 2. The molecule has 0 unspecified atom stereocenters. The molecule has 0 amide bonds. The van der Waals surface area contributed by atoms with Gasteiger partial charge in [0.2, 0.25) is 0 Å². The summed E-state index contributed by atoms with van der Waals surface area (Å²) in [6.07, 6.45) is 7.64. The third kappa shape index (κ3) is 6.79. The van der Waals surface area contributed by atoms with E-state index in [-0.39, 0.29) is 5.41 Å². The molecule has 3 aliphatic carbocycles. The fourth-order valence-corrected chi connectivity index (χ4v) is 14.2. The number of aromatic nitrogens is 2. The molecule has 0 aliphatic heterocycles. The van der Waals surface area contributed by atoms with E-state index in [0.717, 1.165) is 0 Å². The second kappa shape index (κ2) is 18.2. The molecule has 2 aromatic heterocycles. The van der Waals surface area contributed by atoms with Gasteiger partial charge in [-0.2, -0.15) is 0 Å². The first-order valence-electron chi connectivity index (χ1n) is 27.7. The second-order valence-electron chi connectivity index (χ2n) is 21.5. The maximum Gasteiger partial charge on any atom is 0.0725 e. The van der Waals surface area contributed by atoms with E-state index in [2.05, 4.69) is 289 Å². The van der Waals surface area contributed by atoms with Gasteiger partial charge in [0.25, 0.3) is 0 Å². The summed E-state index contributed by atoms with van der Waals surface area (Å²) in [7, 11) is 0. The van der Waals surface area contributed by atoms with Crippen LogP contribution < -0.4 is 0 Å². The zero-order valence-corrected chi connectivity index (χ0v) is 43.8. The Bertz CT molecular complexity index is 4520. The van der Waals surface area contributed by atoms with E-state index < -0.39 is 5.41 Å². The zero-order chi connectivity index (χ0) is 52.8. The van der Waals surface area contributed by atoms with Crippen molar-refractivity contribution in [2.45, 2.75) is 10.8 Å². The molecule has 0 bridgehead atoms. The van der Waals surface area contributed by atoms with Crippen molar-refractivity contribution >= 4 is 0 Å². The molecule has 13 aromatic rings. The van der Waals surface area contributed by atoms with Crippen LogP contribution in [0.5, 0.6) is 0 Å². The molecule has 2 nitrogen and oxygen atoms in total. The van der Waals surface area contributed by atoms with Crippen molar-refractivity contribution in [3.05, 3.63) is 348 Å². The number of fused-ring (bicyclic) bond motifs is 13. The summed E-state index contributed by atoms with van der Waals surface area (Å²) in [4.78, 5) is 8.88. The molecule has 0 atom stereocenters. The van der Waals surface area contributed by atoms with Crippen LogP contribution in [0.25, 0.3) is 100 Å². The van der Waals surface area contributed by atoms with E-state index in [1.165, 1.54) is 145 Å². The van der Waals surface area contributed by atoms with E-state index in [9.17, 15) is 0 Å². The Morgan fingerprint density at radius 3 is 0.925 bits per heavy atom. The van der Waals surface area contributed by atoms with Crippen molar-refractivity contribution in [2.24, 2.45) is 0 Å². The highest BCUT2D eigenvalue weighted by Crippen LogP contribution is 2.64. The van der Waals surface area contributed by atoms with Crippen LogP contribution in [-0.2, 0) is 10.8 Å². The predicted molar refractivity (Wildman–Crippen MR) is 328 cm³/mol. The number of nitrogens with zero attached hydrogens (tertiary/aromatic N) is 2.